The molecule has 0 N–H and O–H groups in total. The molecule has 19 rings (SSSR count). The van der Waals surface area contributed by atoms with Crippen LogP contribution in [0, 0.1) is 6.92 Å². The Morgan fingerprint density at radius 1 is 0.216 bits per heavy atom. The van der Waals surface area contributed by atoms with Crippen LogP contribution in [0.15, 0.2) is 362 Å². The number of rotatable bonds is 10. The lowest BCUT2D eigenvalue weighted by molar-refractivity contribution is 1.23. The van der Waals surface area contributed by atoms with Crippen molar-refractivity contribution in [1.29, 1.82) is 0 Å². The maximum atomic E-state index is 2.72. The van der Waals surface area contributed by atoms with Crippen molar-refractivity contribution in [3.63, 3.8) is 0 Å². The number of anilines is 9. The molecular formula is C91H61B2N3S. The number of hydrogen-bond donors (Lipinski definition) is 0. The van der Waals surface area contributed by atoms with Gasteiger partial charge in [0.1, 0.15) is 0 Å². The minimum atomic E-state index is -0.216. The summed E-state index contributed by atoms with van der Waals surface area (Å²) in [6, 6.07) is 132. The number of fused-ring (bicyclic) bond motifs is 8. The molecule has 0 unspecified atom stereocenters. The molecule has 4 aliphatic rings. The van der Waals surface area contributed by atoms with Crippen LogP contribution < -0.4 is 47.5 Å². The standard InChI is InChI=1S/C91H61B2N3S/c1-60-30-27-45-70(63-35-13-4-14-36-63)89(60)94-79-52-25-23-50-75(79)92-77-58-78-81(59-80(77)95(83-55-68(54-82(94)87(83)92)61-31-9-2-10-32-61)90-71(64-37-15-5-16-38-64)46-28-47-72(90)65-39-17-6-18-40-65)96(91-73(66-41-19-7-20-42-66)48-29-49-74(91)67-43-21-8-22-44-67)84-56-69(62-33-11-3-12-34-62)57-86-88(84)93(78)76-51-24-26-53-85(76)97-86/h2-59H,1H3. The van der Waals surface area contributed by atoms with Crippen molar-refractivity contribution in [3.05, 3.63) is 357 Å². The van der Waals surface area contributed by atoms with Crippen LogP contribution in [0.5, 0.6) is 0 Å². The predicted octanol–water partition coefficient (Wildman–Crippen LogP) is 20.5. The molecule has 0 bridgehead atoms. The van der Waals surface area contributed by atoms with E-state index in [4.69, 9.17) is 0 Å². The van der Waals surface area contributed by atoms with Gasteiger partial charge in [0.05, 0.1) is 17.1 Å². The van der Waals surface area contributed by atoms with Crippen LogP contribution in [0.4, 0.5) is 51.2 Å². The predicted molar refractivity (Wildman–Crippen MR) is 413 cm³/mol. The average Bonchev–Trinajstić information content (AvgIpc) is 0.684. The van der Waals surface area contributed by atoms with Crippen molar-refractivity contribution in [3.8, 4) is 77.9 Å². The van der Waals surface area contributed by atoms with Gasteiger partial charge in [-0.05, 0) is 132 Å². The van der Waals surface area contributed by atoms with Crippen LogP contribution in [-0.4, -0.2) is 13.4 Å². The summed E-state index contributed by atoms with van der Waals surface area (Å²) in [6.07, 6.45) is 0. The maximum absolute atomic E-state index is 2.72. The van der Waals surface area contributed by atoms with Crippen molar-refractivity contribution in [2.45, 2.75) is 16.7 Å². The Balaban J connectivity index is 1.01. The number of hydrogen-bond acceptors (Lipinski definition) is 4. The second kappa shape index (κ2) is 23.3. The number of para-hydroxylation sites is 4. The summed E-state index contributed by atoms with van der Waals surface area (Å²) in [5, 5.41) is 0. The van der Waals surface area contributed by atoms with Gasteiger partial charge in [-0.2, -0.15) is 0 Å². The summed E-state index contributed by atoms with van der Waals surface area (Å²) in [5.41, 5.74) is 35.3. The van der Waals surface area contributed by atoms with Gasteiger partial charge >= 0.3 is 0 Å². The number of benzene rings is 15. The monoisotopic (exact) mass is 1250 g/mol. The quantitative estimate of drug-likeness (QED) is 0.126. The first-order valence-corrected chi connectivity index (χ1v) is 34.4. The van der Waals surface area contributed by atoms with Crippen LogP contribution in [-0.2, 0) is 0 Å². The summed E-state index contributed by atoms with van der Waals surface area (Å²) in [7, 11) is 0. The van der Waals surface area contributed by atoms with Gasteiger partial charge in [0.25, 0.3) is 6.71 Å². The van der Waals surface area contributed by atoms with E-state index in [1.165, 1.54) is 87.4 Å². The van der Waals surface area contributed by atoms with Crippen molar-refractivity contribution >= 4 is 109 Å². The van der Waals surface area contributed by atoms with Crippen molar-refractivity contribution in [2.24, 2.45) is 0 Å². The van der Waals surface area contributed by atoms with Gasteiger partial charge in [-0.3, -0.25) is 0 Å². The molecule has 4 aliphatic heterocycles. The van der Waals surface area contributed by atoms with Crippen LogP contribution in [0.25, 0.3) is 77.9 Å². The Morgan fingerprint density at radius 2 is 0.557 bits per heavy atom. The third-order valence-corrected chi connectivity index (χ3v) is 21.5. The molecule has 0 saturated carbocycles. The highest BCUT2D eigenvalue weighted by Crippen LogP contribution is 2.56. The fourth-order valence-electron chi connectivity index (χ4n) is 16.2. The molecule has 0 amide bonds. The molecule has 4 heterocycles. The molecule has 0 spiro atoms. The van der Waals surface area contributed by atoms with E-state index in [9.17, 15) is 0 Å². The number of nitrogens with zero attached hydrogens (tertiary/aromatic N) is 3. The maximum Gasteiger partial charge on any atom is 0.252 e. The van der Waals surface area contributed by atoms with Gasteiger partial charge in [0.2, 0.25) is 6.71 Å². The third-order valence-electron chi connectivity index (χ3n) is 20.4. The molecule has 97 heavy (non-hydrogen) atoms. The summed E-state index contributed by atoms with van der Waals surface area (Å²) in [4.78, 5) is 10.6. The van der Waals surface area contributed by atoms with Gasteiger partial charge in [-0.25, -0.2) is 0 Å². The summed E-state index contributed by atoms with van der Waals surface area (Å²) in [5.74, 6) is 0. The second-order valence-electron chi connectivity index (χ2n) is 25.8. The third kappa shape index (κ3) is 9.23. The molecule has 3 nitrogen and oxygen atoms in total. The Kier molecular flexibility index (Phi) is 13.6. The molecule has 0 radical (unpaired) electrons. The largest absolute Gasteiger partial charge is 0.311 e. The average molecular weight is 1250 g/mol. The van der Waals surface area contributed by atoms with Gasteiger partial charge in [-0.15, -0.1) is 0 Å². The summed E-state index contributed by atoms with van der Waals surface area (Å²) < 4.78 is 0. The van der Waals surface area contributed by atoms with E-state index in [1.54, 1.807) is 0 Å². The van der Waals surface area contributed by atoms with Gasteiger partial charge < -0.3 is 14.7 Å². The molecule has 15 aromatic carbocycles. The Hall–Kier alpha value is -11.8. The fraction of sp³-hybridized carbons (Fsp3) is 0.0110. The lowest BCUT2D eigenvalue weighted by atomic mass is 9.30. The molecule has 0 aromatic heterocycles. The van der Waals surface area contributed by atoms with E-state index in [-0.39, 0.29) is 13.4 Å². The first-order valence-electron chi connectivity index (χ1n) is 33.6. The van der Waals surface area contributed by atoms with E-state index in [0.717, 1.165) is 89.8 Å². The van der Waals surface area contributed by atoms with Gasteiger partial charge in [0, 0.05) is 71.7 Å². The molecule has 15 aromatic rings. The minimum Gasteiger partial charge on any atom is -0.311 e. The molecular weight excluding hydrogens is 1190 g/mol. The van der Waals surface area contributed by atoms with Crippen LogP contribution >= 0.6 is 11.8 Å². The Bertz CT molecular complexity index is 5460. The minimum absolute atomic E-state index is 0.130. The smallest absolute Gasteiger partial charge is 0.252 e. The second-order valence-corrected chi connectivity index (χ2v) is 26.9. The van der Waals surface area contributed by atoms with Gasteiger partial charge in [0.15, 0.2) is 0 Å². The van der Waals surface area contributed by atoms with E-state index in [2.05, 4.69) is 373 Å². The van der Waals surface area contributed by atoms with E-state index in [0.29, 0.717) is 0 Å². The molecule has 6 heteroatoms. The van der Waals surface area contributed by atoms with Crippen molar-refractivity contribution in [2.75, 3.05) is 14.7 Å². The van der Waals surface area contributed by atoms with E-state index < -0.39 is 0 Å². The lowest BCUT2D eigenvalue weighted by Crippen LogP contribution is -2.64. The van der Waals surface area contributed by atoms with Crippen molar-refractivity contribution in [1.82, 2.24) is 0 Å². The molecule has 0 atom stereocenters. The lowest BCUT2D eigenvalue weighted by Gasteiger charge is -2.47. The first-order chi connectivity index (χ1) is 48.1. The SMILES string of the molecule is Cc1cccc(-c2ccccc2)c1N1c2ccccc2B2c3cc4c(cc3N(c3c(-c5ccccc5)cccc3-c3ccccc3)c3cc(-c5ccccc5)cc1c32)N(c1c(-c2ccccc2)cccc1-c1ccccc1)c1cc(-c2ccccc2)cc2c1B4c1ccccc1S2. The molecule has 0 fully saturated rings. The first kappa shape index (κ1) is 56.7. The normalized spacial score (nSPS) is 12.9. The van der Waals surface area contributed by atoms with Crippen LogP contribution in [0.1, 0.15) is 5.56 Å². The van der Waals surface area contributed by atoms with Crippen LogP contribution in [0.2, 0.25) is 0 Å². The van der Waals surface area contributed by atoms with E-state index in [1.807, 2.05) is 11.8 Å². The molecule has 0 saturated heterocycles. The Morgan fingerprint density at radius 3 is 1.01 bits per heavy atom. The summed E-state index contributed by atoms with van der Waals surface area (Å²) >= 11 is 1.91. The highest BCUT2D eigenvalue weighted by atomic mass is 32.2. The summed E-state index contributed by atoms with van der Waals surface area (Å²) in [6.45, 7) is 1.95. The molecule has 452 valence electrons. The fourth-order valence-corrected chi connectivity index (χ4v) is 17.4. The Labute approximate surface area is 572 Å². The zero-order valence-corrected chi connectivity index (χ0v) is 54.2. The molecule has 0 aliphatic carbocycles. The van der Waals surface area contributed by atoms with E-state index >= 15 is 0 Å². The highest BCUT2D eigenvalue weighted by Gasteiger charge is 2.49. The van der Waals surface area contributed by atoms with Crippen LogP contribution in [0.3, 0.4) is 0 Å². The van der Waals surface area contributed by atoms with Gasteiger partial charge in [-0.1, -0.05) is 327 Å². The zero-order chi connectivity index (χ0) is 64.1. The number of aryl methyl sites for hydroxylation is 1. The van der Waals surface area contributed by atoms with Crippen molar-refractivity contribution < 1.29 is 0 Å². The zero-order valence-electron chi connectivity index (χ0n) is 53.4. The topological polar surface area (TPSA) is 9.72 Å². The highest BCUT2D eigenvalue weighted by molar-refractivity contribution is 8.00.